The molecule has 0 radical (unpaired) electrons. The van der Waals surface area contributed by atoms with E-state index in [1.807, 2.05) is 24.0 Å². The molecule has 2 fully saturated rings. The van der Waals surface area contributed by atoms with E-state index in [-0.39, 0.29) is 12.1 Å². The molecule has 6 heteroatoms. The van der Waals surface area contributed by atoms with Gasteiger partial charge in [0.2, 0.25) is 0 Å². The molecule has 0 bridgehead atoms. The zero-order chi connectivity index (χ0) is 19.1. The Morgan fingerprint density at radius 1 is 1.18 bits per heavy atom. The van der Waals surface area contributed by atoms with E-state index < -0.39 is 0 Å². The predicted molar refractivity (Wildman–Crippen MR) is 118 cm³/mol. The van der Waals surface area contributed by atoms with Crippen LogP contribution in [0.5, 0.6) is 0 Å². The van der Waals surface area contributed by atoms with Crippen molar-refractivity contribution in [3.8, 4) is 0 Å². The first-order chi connectivity index (χ1) is 13.8. The predicted octanol–water partition coefficient (Wildman–Crippen LogP) is 5.31. The van der Waals surface area contributed by atoms with Gasteiger partial charge in [0.15, 0.2) is 5.17 Å². The average molecular weight is 413 g/mol. The Labute approximate surface area is 176 Å². The number of pyridine rings is 1. The minimum atomic E-state index is 0.0201. The maximum absolute atomic E-state index is 6.78. The second kappa shape index (κ2) is 7.60. The first kappa shape index (κ1) is 18.3. The third-order valence-corrected chi connectivity index (χ3v) is 7.52. The molecule has 4 heterocycles. The van der Waals surface area contributed by atoms with Crippen molar-refractivity contribution in [2.75, 3.05) is 23.7 Å². The van der Waals surface area contributed by atoms with Crippen molar-refractivity contribution >= 4 is 34.2 Å². The second-order valence-electron chi connectivity index (χ2n) is 7.74. The molecule has 0 aliphatic carbocycles. The zero-order valence-electron chi connectivity index (χ0n) is 16.1. The van der Waals surface area contributed by atoms with Gasteiger partial charge in [-0.25, -0.2) is 0 Å². The maximum atomic E-state index is 6.78. The summed E-state index contributed by atoms with van der Waals surface area (Å²) >= 11 is 8.65. The highest BCUT2D eigenvalue weighted by Gasteiger charge is 2.45. The molecule has 4 nitrogen and oxygen atoms in total. The summed E-state index contributed by atoms with van der Waals surface area (Å²) in [5.41, 5.74) is 3.44. The van der Waals surface area contributed by atoms with Gasteiger partial charge in [-0.3, -0.25) is 9.98 Å². The molecule has 1 aromatic heterocycles. The summed E-state index contributed by atoms with van der Waals surface area (Å²) < 4.78 is 0. The Hall–Kier alpha value is -1.72. The first-order valence-electron chi connectivity index (χ1n) is 10.2. The van der Waals surface area contributed by atoms with Crippen molar-refractivity contribution in [2.45, 2.75) is 44.3 Å². The van der Waals surface area contributed by atoms with Gasteiger partial charge in [-0.05, 0) is 49.1 Å². The number of fused-ring (bicyclic) bond motifs is 1. The van der Waals surface area contributed by atoms with Gasteiger partial charge in [0.1, 0.15) is 6.04 Å². The van der Waals surface area contributed by atoms with E-state index in [2.05, 4.69) is 52.0 Å². The molecule has 0 spiro atoms. The van der Waals surface area contributed by atoms with E-state index in [1.54, 1.807) is 0 Å². The lowest BCUT2D eigenvalue weighted by Crippen LogP contribution is -2.35. The summed E-state index contributed by atoms with van der Waals surface area (Å²) in [6.45, 7) is 4.47. The van der Waals surface area contributed by atoms with Gasteiger partial charge in [0.05, 0.1) is 22.4 Å². The number of anilines is 1. The van der Waals surface area contributed by atoms with Crippen molar-refractivity contribution in [1.82, 2.24) is 9.88 Å². The lowest BCUT2D eigenvalue weighted by molar-refractivity contribution is 0.255. The van der Waals surface area contributed by atoms with Crippen LogP contribution in [0.25, 0.3) is 0 Å². The lowest BCUT2D eigenvalue weighted by Gasteiger charge is -2.32. The summed E-state index contributed by atoms with van der Waals surface area (Å²) in [5, 5.41) is 2.01. The average Bonchev–Trinajstić information content (AvgIpc) is 3.45. The number of aliphatic imine (C=N–C) groups is 1. The largest absolute Gasteiger partial charge is 0.370 e. The van der Waals surface area contributed by atoms with Gasteiger partial charge in [-0.15, -0.1) is 0 Å². The Morgan fingerprint density at radius 3 is 2.75 bits per heavy atom. The summed E-state index contributed by atoms with van der Waals surface area (Å²) in [5.74, 6) is 1.11. The standard InChI is InChI=1S/C22H25ClN4S/c1-2-16-14-28-22-25-20(18-7-3-4-10-24-18)21(27(16)22)15-8-9-19(17(23)13-15)26-11-5-6-12-26/h3-4,7-10,13,16,20-21H,2,5-6,11-12,14H2,1H3/t16-,20-,21+/m1/s1. The van der Waals surface area contributed by atoms with Crippen LogP contribution in [-0.4, -0.2) is 39.9 Å². The van der Waals surface area contributed by atoms with E-state index in [4.69, 9.17) is 16.6 Å². The molecular formula is C22H25ClN4S. The molecule has 0 saturated carbocycles. The van der Waals surface area contributed by atoms with Crippen molar-refractivity contribution in [1.29, 1.82) is 0 Å². The highest BCUT2D eigenvalue weighted by atomic mass is 35.5. The summed E-state index contributed by atoms with van der Waals surface area (Å²) in [7, 11) is 0. The van der Waals surface area contributed by atoms with Crippen LogP contribution in [-0.2, 0) is 0 Å². The molecule has 0 unspecified atom stereocenters. The van der Waals surface area contributed by atoms with Crippen LogP contribution in [0.1, 0.15) is 49.5 Å². The Balaban J connectivity index is 1.54. The smallest absolute Gasteiger partial charge is 0.160 e. The van der Waals surface area contributed by atoms with Crippen molar-refractivity contribution in [2.24, 2.45) is 4.99 Å². The summed E-state index contributed by atoms with van der Waals surface area (Å²) in [6.07, 6.45) is 5.49. The molecule has 5 rings (SSSR count). The second-order valence-corrected chi connectivity index (χ2v) is 9.14. The number of benzene rings is 1. The highest BCUT2D eigenvalue weighted by molar-refractivity contribution is 8.14. The fourth-order valence-corrected chi connectivity index (χ4v) is 6.28. The molecule has 3 aliphatic heterocycles. The molecule has 3 atom stereocenters. The van der Waals surface area contributed by atoms with Crippen LogP contribution in [0.3, 0.4) is 0 Å². The van der Waals surface area contributed by atoms with Gasteiger partial charge in [0.25, 0.3) is 0 Å². The van der Waals surface area contributed by atoms with E-state index in [0.717, 1.165) is 41.1 Å². The van der Waals surface area contributed by atoms with Crippen molar-refractivity contribution in [3.05, 3.63) is 58.9 Å². The number of hydrogen-bond acceptors (Lipinski definition) is 5. The SMILES string of the molecule is CC[C@@H]1CSC2=N[C@H](c3ccccn3)[C@H](c3ccc(N4CCCC4)c(Cl)c3)N21. The molecule has 28 heavy (non-hydrogen) atoms. The molecule has 146 valence electrons. The van der Waals surface area contributed by atoms with Gasteiger partial charge in [-0.2, -0.15) is 0 Å². The number of aromatic nitrogens is 1. The van der Waals surface area contributed by atoms with Crippen LogP contribution in [0.15, 0.2) is 47.6 Å². The van der Waals surface area contributed by atoms with Crippen molar-refractivity contribution < 1.29 is 0 Å². The number of hydrogen-bond donors (Lipinski definition) is 0. The maximum Gasteiger partial charge on any atom is 0.160 e. The molecule has 2 aromatic rings. The molecule has 0 amide bonds. The normalized spacial score (nSPS) is 26.6. The van der Waals surface area contributed by atoms with Crippen LogP contribution in [0.4, 0.5) is 5.69 Å². The highest BCUT2D eigenvalue weighted by Crippen LogP contribution is 2.49. The molecule has 3 aliphatic rings. The zero-order valence-corrected chi connectivity index (χ0v) is 17.7. The van der Waals surface area contributed by atoms with Gasteiger partial charge >= 0.3 is 0 Å². The number of nitrogens with zero attached hydrogens (tertiary/aromatic N) is 4. The molecule has 0 N–H and O–H groups in total. The fourth-order valence-electron chi connectivity index (χ4n) is 4.63. The third-order valence-electron chi connectivity index (χ3n) is 6.09. The quantitative estimate of drug-likeness (QED) is 0.680. The van der Waals surface area contributed by atoms with Crippen LogP contribution < -0.4 is 4.90 Å². The Bertz CT molecular complexity index is 881. The van der Waals surface area contributed by atoms with Gasteiger partial charge in [0, 0.05) is 31.1 Å². The van der Waals surface area contributed by atoms with Crippen molar-refractivity contribution in [3.63, 3.8) is 0 Å². The fraction of sp³-hybridized carbons (Fsp3) is 0.455. The topological polar surface area (TPSA) is 31.7 Å². The first-order valence-corrected chi connectivity index (χ1v) is 11.6. The molecular weight excluding hydrogens is 388 g/mol. The minimum Gasteiger partial charge on any atom is -0.370 e. The third kappa shape index (κ3) is 3.09. The van der Waals surface area contributed by atoms with E-state index in [9.17, 15) is 0 Å². The number of halogens is 1. The van der Waals surface area contributed by atoms with E-state index in [0.29, 0.717) is 6.04 Å². The van der Waals surface area contributed by atoms with Gasteiger partial charge in [-0.1, -0.05) is 42.4 Å². The Kier molecular flexibility index (Phi) is 4.97. The molecule has 2 saturated heterocycles. The lowest BCUT2D eigenvalue weighted by atomic mass is 9.95. The van der Waals surface area contributed by atoms with E-state index in [1.165, 1.54) is 24.1 Å². The number of thioether (sulfide) groups is 1. The summed E-state index contributed by atoms with van der Waals surface area (Å²) in [4.78, 5) is 14.7. The number of amidine groups is 1. The minimum absolute atomic E-state index is 0.0201. The van der Waals surface area contributed by atoms with Gasteiger partial charge < -0.3 is 9.80 Å². The van der Waals surface area contributed by atoms with Crippen LogP contribution >= 0.6 is 23.4 Å². The monoisotopic (exact) mass is 412 g/mol. The number of rotatable bonds is 4. The van der Waals surface area contributed by atoms with E-state index >= 15 is 0 Å². The Morgan fingerprint density at radius 2 is 2.04 bits per heavy atom. The van der Waals surface area contributed by atoms with Crippen LogP contribution in [0, 0.1) is 0 Å². The summed E-state index contributed by atoms with van der Waals surface area (Å²) in [6, 6.07) is 13.4. The molecule has 1 aromatic carbocycles. The van der Waals surface area contributed by atoms with Crippen LogP contribution in [0.2, 0.25) is 5.02 Å².